The third kappa shape index (κ3) is 3.07. The molecule has 2 aliphatic rings. The zero-order chi connectivity index (χ0) is 16.4. The lowest BCUT2D eigenvalue weighted by molar-refractivity contribution is 0.0786. The topological polar surface area (TPSA) is 77.4 Å². The van der Waals surface area contributed by atoms with E-state index in [0.717, 1.165) is 37.6 Å². The van der Waals surface area contributed by atoms with E-state index in [0.29, 0.717) is 24.6 Å². The monoisotopic (exact) mass is 328 g/mol. The van der Waals surface area contributed by atoms with Gasteiger partial charge in [0.05, 0.1) is 6.54 Å². The zero-order valence-corrected chi connectivity index (χ0v) is 13.3. The number of aromatic nitrogens is 2. The van der Waals surface area contributed by atoms with Gasteiger partial charge in [-0.05, 0) is 12.1 Å². The Balaban J connectivity index is 1.36. The van der Waals surface area contributed by atoms with E-state index < -0.39 is 0 Å². The average molecular weight is 328 g/mol. The van der Waals surface area contributed by atoms with Crippen molar-refractivity contribution in [2.45, 2.75) is 19.1 Å². The Morgan fingerprint density at radius 1 is 1.33 bits per heavy atom. The first-order valence-electron chi connectivity index (χ1n) is 8.23. The fourth-order valence-electron chi connectivity index (χ4n) is 2.94. The van der Waals surface area contributed by atoms with Crippen LogP contribution in [0.4, 0.5) is 0 Å². The van der Waals surface area contributed by atoms with E-state index in [1.54, 1.807) is 0 Å². The minimum Gasteiger partial charge on any atom is -0.486 e. The van der Waals surface area contributed by atoms with Crippen LogP contribution >= 0.6 is 0 Å². The number of fused-ring (bicyclic) bond motifs is 2. The van der Waals surface area contributed by atoms with Crippen LogP contribution in [0.25, 0.3) is 0 Å². The van der Waals surface area contributed by atoms with Gasteiger partial charge < -0.3 is 24.7 Å². The van der Waals surface area contributed by atoms with Crippen molar-refractivity contribution < 1.29 is 14.3 Å². The van der Waals surface area contributed by atoms with Crippen LogP contribution < -0.4 is 20.1 Å². The van der Waals surface area contributed by atoms with E-state index in [1.807, 2.05) is 35.0 Å². The fourth-order valence-corrected chi connectivity index (χ4v) is 2.94. The predicted octanol–water partition coefficient (Wildman–Crippen LogP) is 0.599. The van der Waals surface area contributed by atoms with Crippen LogP contribution in [0, 0.1) is 0 Å². The lowest BCUT2D eigenvalue weighted by Gasteiger charge is -2.26. The number of benzene rings is 1. The van der Waals surface area contributed by atoms with E-state index in [1.165, 1.54) is 0 Å². The lowest BCUT2D eigenvalue weighted by atomic mass is 10.2. The van der Waals surface area contributed by atoms with Crippen molar-refractivity contribution in [3.8, 4) is 11.5 Å². The molecule has 0 spiro atoms. The molecule has 0 saturated heterocycles. The van der Waals surface area contributed by atoms with E-state index in [-0.39, 0.29) is 12.0 Å². The molecule has 1 amide bonds. The van der Waals surface area contributed by atoms with Gasteiger partial charge in [-0.3, -0.25) is 4.79 Å². The summed E-state index contributed by atoms with van der Waals surface area (Å²) in [5, 5.41) is 6.20. The quantitative estimate of drug-likeness (QED) is 0.863. The summed E-state index contributed by atoms with van der Waals surface area (Å²) in [4.78, 5) is 16.8. The molecule has 0 bridgehead atoms. The Hall–Kier alpha value is -2.54. The van der Waals surface area contributed by atoms with Gasteiger partial charge in [-0.15, -0.1) is 0 Å². The van der Waals surface area contributed by atoms with Crippen LogP contribution in [0.3, 0.4) is 0 Å². The van der Waals surface area contributed by atoms with Crippen LogP contribution in [0.1, 0.15) is 16.3 Å². The molecule has 0 fully saturated rings. The second kappa shape index (κ2) is 6.52. The maximum Gasteiger partial charge on any atom is 0.271 e. The Morgan fingerprint density at radius 3 is 3.12 bits per heavy atom. The molecule has 1 unspecified atom stereocenters. The highest BCUT2D eigenvalue weighted by molar-refractivity contribution is 5.92. The number of imidazole rings is 1. The zero-order valence-electron chi connectivity index (χ0n) is 13.3. The summed E-state index contributed by atoms with van der Waals surface area (Å²) in [6.45, 7) is 3.44. The molecule has 2 N–H and O–H groups in total. The van der Waals surface area contributed by atoms with Crippen molar-refractivity contribution >= 4 is 5.91 Å². The van der Waals surface area contributed by atoms with Gasteiger partial charge in [-0.1, -0.05) is 12.1 Å². The van der Waals surface area contributed by atoms with Gasteiger partial charge in [0.2, 0.25) is 0 Å². The predicted molar refractivity (Wildman–Crippen MR) is 87.5 cm³/mol. The van der Waals surface area contributed by atoms with E-state index in [9.17, 15) is 4.79 Å². The molecule has 2 aromatic rings. The molecular formula is C17H20N4O3. The second-order valence-electron chi connectivity index (χ2n) is 5.94. The molecule has 1 aromatic carbocycles. The van der Waals surface area contributed by atoms with E-state index >= 15 is 0 Å². The first kappa shape index (κ1) is 15.0. The minimum atomic E-state index is -0.200. The smallest absolute Gasteiger partial charge is 0.271 e. The molecule has 24 heavy (non-hydrogen) atoms. The highest BCUT2D eigenvalue weighted by Crippen LogP contribution is 2.30. The standard InChI is InChI=1S/C17H20N4O3/c22-17(13-10-21-8-7-18-6-5-16(21)20-13)19-9-12-11-23-14-3-1-2-4-15(14)24-12/h1-4,10,12,18H,5-9,11H2,(H,19,22). The molecular weight excluding hydrogens is 308 g/mol. The number of hydrogen-bond acceptors (Lipinski definition) is 5. The highest BCUT2D eigenvalue weighted by atomic mass is 16.6. The minimum absolute atomic E-state index is 0.175. The number of hydrogen-bond donors (Lipinski definition) is 2. The third-order valence-electron chi connectivity index (χ3n) is 4.20. The van der Waals surface area contributed by atoms with Gasteiger partial charge in [-0.25, -0.2) is 4.98 Å². The molecule has 4 rings (SSSR count). The summed E-state index contributed by atoms with van der Waals surface area (Å²) in [6.07, 6.45) is 2.46. The largest absolute Gasteiger partial charge is 0.486 e. The Morgan fingerprint density at radius 2 is 2.21 bits per heavy atom. The fraction of sp³-hybridized carbons (Fsp3) is 0.412. The summed E-state index contributed by atoms with van der Waals surface area (Å²) in [6, 6.07) is 7.54. The Labute approximate surface area is 140 Å². The summed E-state index contributed by atoms with van der Waals surface area (Å²) < 4.78 is 13.5. The average Bonchev–Trinajstić information content (AvgIpc) is 2.90. The van der Waals surface area contributed by atoms with E-state index in [4.69, 9.17) is 9.47 Å². The number of carbonyl (C=O) groups excluding carboxylic acids is 1. The van der Waals surface area contributed by atoms with Crippen LogP contribution in [0.2, 0.25) is 0 Å². The molecule has 3 heterocycles. The highest BCUT2D eigenvalue weighted by Gasteiger charge is 2.22. The molecule has 1 atom stereocenters. The van der Waals surface area contributed by atoms with Crippen LogP contribution in [-0.4, -0.2) is 47.8 Å². The molecule has 2 aliphatic heterocycles. The Kier molecular flexibility index (Phi) is 4.08. The number of nitrogens with one attached hydrogen (secondary N) is 2. The Bertz CT molecular complexity index is 720. The van der Waals surface area contributed by atoms with Crippen molar-refractivity contribution in [2.24, 2.45) is 0 Å². The number of nitrogens with zero attached hydrogens (tertiary/aromatic N) is 2. The van der Waals surface area contributed by atoms with Gasteiger partial charge in [0, 0.05) is 32.3 Å². The first-order chi connectivity index (χ1) is 11.8. The number of rotatable bonds is 3. The molecule has 0 saturated carbocycles. The van der Waals surface area contributed by atoms with Gasteiger partial charge in [0.15, 0.2) is 11.5 Å². The van der Waals surface area contributed by atoms with E-state index in [2.05, 4.69) is 15.6 Å². The van der Waals surface area contributed by atoms with Crippen molar-refractivity contribution in [3.63, 3.8) is 0 Å². The van der Waals surface area contributed by atoms with Crippen molar-refractivity contribution in [1.29, 1.82) is 0 Å². The molecule has 126 valence electrons. The van der Waals surface area contributed by atoms with Crippen LogP contribution in [-0.2, 0) is 13.0 Å². The SMILES string of the molecule is O=C(NCC1COc2ccccc2O1)c1cn2c(n1)CCNCC2. The summed E-state index contributed by atoms with van der Waals surface area (Å²) in [5.41, 5.74) is 0.462. The van der Waals surface area contributed by atoms with Crippen molar-refractivity contribution in [2.75, 3.05) is 26.2 Å². The van der Waals surface area contributed by atoms with Gasteiger partial charge in [0.1, 0.15) is 24.2 Å². The normalized spacial score (nSPS) is 19.2. The number of carbonyl (C=O) groups is 1. The maximum atomic E-state index is 12.3. The number of ether oxygens (including phenoxy) is 2. The summed E-state index contributed by atoms with van der Waals surface area (Å²) in [5.74, 6) is 2.23. The molecule has 0 aliphatic carbocycles. The number of para-hydroxylation sites is 2. The third-order valence-corrected chi connectivity index (χ3v) is 4.20. The van der Waals surface area contributed by atoms with Gasteiger partial charge in [0.25, 0.3) is 5.91 Å². The lowest BCUT2D eigenvalue weighted by Crippen LogP contribution is -2.40. The van der Waals surface area contributed by atoms with Crippen LogP contribution in [0.5, 0.6) is 11.5 Å². The molecule has 7 nitrogen and oxygen atoms in total. The van der Waals surface area contributed by atoms with Gasteiger partial charge >= 0.3 is 0 Å². The molecule has 7 heteroatoms. The molecule has 0 radical (unpaired) electrons. The summed E-state index contributed by atoms with van der Waals surface area (Å²) >= 11 is 0. The molecule has 1 aromatic heterocycles. The van der Waals surface area contributed by atoms with Crippen LogP contribution in [0.15, 0.2) is 30.5 Å². The van der Waals surface area contributed by atoms with Crippen molar-refractivity contribution in [3.05, 3.63) is 42.0 Å². The summed E-state index contributed by atoms with van der Waals surface area (Å²) in [7, 11) is 0. The maximum absolute atomic E-state index is 12.3. The number of amides is 1. The van der Waals surface area contributed by atoms with Crippen molar-refractivity contribution in [1.82, 2.24) is 20.2 Å². The first-order valence-corrected chi connectivity index (χ1v) is 8.23. The van der Waals surface area contributed by atoms with Gasteiger partial charge in [-0.2, -0.15) is 0 Å². The second-order valence-corrected chi connectivity index (χ2v) is 5.94.